The van der Waals surface area contributed by atoms with Gasteiger partial charge < -0.3 is 0 Å². The predicted octanol–water partition coefficient (Wildman–Crippen LogP) is 2.63. The van der Waals surface area contributed by atoms with E-state index in [1.54, 1.807) is 12.2 Å². The molecule has 0 radical (unpaired) electrons. The molecule has 0 aromatic rings. The fourth-order valence-electron chi connectivity index (χ4n) is 5.49. The normalized spacial score (nSPS) is 46.5. The van der Waals surface area contributed by atoms with E-state index < -0.39 is 0 Å². The number of aliphatic imine (C=N–C) groups is 2. The van der Waals surface area contributed by atoms with Gasteiger partial charge in [-0.05, 0) is 55.3 Å². The Hall–Kier alpha value is -1.24. The van der Waals surface area contributed by atoms with Crippen LogP contribution in [0.15, 0.2) is 9.98 Å². The van der Waals surface area contributed by atoms with Crippen LogP contribution in [0.4, 0.5) is 0 Å². The summed E-state index contributed by atoms with van der Waals surface area (Å²) < 4.78 is 0. The molecule has 19 heavy (non-hydrogen) atoms. The van der Waals surface area contributed by atoms with Crippen LogP contribution in [0.25, 0.3) is 0 Å². The average molecular weight is 260 g/mol. The second kappa shape index (κ2) is 4.70. The van der Waals surface area contributed by atoms with Crippen LogP contribution in [0.1, 0.15) is 45.4 Å². The van der Waals surface area contributed by atoms with Crippen LogP contribution in [0.3, 0.4) is 0 Å². The van der Waals surface area contributed by atoms with E-state index in [1.807, 2.05) is 0 Å². The molecule has 0 aromatic carbocycles. The third-order valence-corrected chi connectivity index (χ3v) is 5.88. The summed E-state index contributed by atoms with van der Waals surface area (Å²) in [5.41, 5.74) is 0.349. The molecule has 3 saturated carbocycles. The average Bonchev–Trinajstić information content (AvgIpc) is 3.00. The predicted molar refractivity (Wildman–Crippen MR) is 70.1 cm³/mol. The first-order valence-corrected chi connectivity index (χ1v) is 7.38. The maximum absolute atomic E-state index is 10.6. The largest absolute Gasteiger partial charge is 0.235 e. The van der Waals surface area contributed by atoms with Crippen molar-refractivity contribution in [2.45, 2.75) is 57.5 Å². The van der Waals surface area contributed by atoms with Crippen molar-refractivity contribution in [3.05, 3.63) is 0 Å². The summed E-state index contributed by atoms with van der Waals surface area (Å²) in [6, 6.07) is 0.328. The molecule has 6 atom stereocenters. The molecule has 6 unspecified atom stereocenters. The molecule has 0 heterocycles. The minimum absolute atomic E-state index is 0.158. The molecule has 4 nitrogen and oxygen atoms in total. The third-order valence-electron chi connectivity index (χ3n) is 5.88. The lowest BCUT2D eigenvalue weighted by Gasteiger charge is -2.37. The minimum Gasteiger partial charge on any atom is -0.211 e. The van der Waals surface area contributed by atoms with Crippen LogP contribution in [0.5, 0.6) is 0 Å². The number of hydrogen-bond donors (Lipinski definition) is 0. The Balaban J connectivity index is 1.88. The number of rotatable bonds is 4. The second-order valence-electron chi connectivity index (χ2n) is 6.59. The quantitative estimate of drug-likeness (QED) is 0.576. The maximum atomic E-state index is 10.6. The number of fused-ring (bicyclic) bond motifs is 5. The first kappa shape index (κ1) is 12.8. The zero-order chi connectivity index (χ0) is 13.5. The van der Waals surface area contributed by atoms with Crippen LogP contribution in [0.2, 0.25) is 0 Å². The number of isocyanates is 2. The van der Waals surface area contributed by atoms with Crippen LogP contribution in [-0.2, 0) is 9.59 Å². The van der Waals surface area contributed by atoms with Gasteiger partial charge in [0.05, 0.1) is 12.1 Å². The molecule has 0 aliphatic heterocycles. The van der Waals surface area contributed by atoms with Crippen LogP contribution in [-0.4, -0.2) is 24.2 Å². The zero-order valence-corrected chi connectivity index (χ0v) is 11.3. The molecule has 0 N–H and O–H groups in total. The van der Waals surface area contributed by atoms with Crippen molar-refractivity contribution in [3.63, 3.8) is 0 Å². The van der Waals surface area contributed by atoms with Gasteiger partial charge in [0.2, 0.25) is 12.2 Å². The molecule has 0 amide bonds. The molecular weight excluding hydrogens is 240 g/mol. The van der Waals surface area contributed by atoms with Gasteiger partial charge in [0.15, 0.2) is 0 Å². The Morgan fingerprint density at radius 3 is 2.58 bits per heavy atom. The number of hydrogen-bond acceptors (Lipinski definition) is 4. The Bertz CT molecular complexity index is 465. The van der Waals surface area contributed by atoms with Gasteiger partial charge in [-0.25, -0.2) is 19.6 Å². The van der Waals surface area contributed by atoms with E-state index >= 15 is 0 Å². The molecular formula is C15H20N2O2. The second-order valence-corrected chi connectivity index (χ2v) is 6.59. The summed E-state index contributed by atoms with van der Waals surface area (Å²) in [5.74, 6) is 1.80. The van der Waals surface area contributed by atoms with Crippen molar-refractivity contribution in [2.75, 3.05) is 0 Å². The summed E-state index contributed by atoms with van der Waals surface area (Å²) in [7, 11) is 0. The van der Waals surface area contributed by atoms with Crippen molar-refractivity contribution in [1.29, 1.82) is 0 Å². The number of nitrogens with zero attached hydrogens (tertiary/aromatic N) is 2. The molecule has 0 saturated heterocycles. The van der Waals surface area contributed by atoms with Crippen LogP contribution < -0.4 is 0 Å². The van der Waals surface area contributed by atoms with E-state index in [4.69, 9.17) is 0 Å². The van der Waals surface area contributed by atoms with Gasteiger partial charge >= 0.3 is 0 Å². The lowest BCUT2D eigenvalue weighted by molar-refractivity contribution is 0.128. The highest BCUT2D eigenvalue weighted by molar-refractivity contribution is 5.35. The smallest absolute Gasteiger partial charge is 0.211 e. The molecule has 0 spiro atoms. The van der Waals surface area contributed by atoms with Gasteiger partial charge in [-0.3, -0.25) is 0 Å². The lowest BCUT2D eigenvalue weighted by Crippen LogP contribution is -2.33. The van der Waals surface area contributed by atoms with Gasteiger partial charge in [-0.2, -0.15) is 0 Å². The lowest BCUT2D eigenvalue weighted by atomic mass is 9.68. The molecule has 3 rings (SSSR count). The summed E-state index contributed by atoms with van der Waals surface area (Å²) in [5, 5.41) is 0. The monoisotopic (exact) mass is 260 g/mol. The maximum Gasteiger partial charge on any atom is 0.235 e. The van der Waals surface area contributed by atoms with E-state index in [9.17, 15) is 9.59 Å². The summed E-state index contributed by atoms with van der Waals surface area (Å²) in [6.07, 6.45) is 10.1. The SMILES string of the molecule is CCCC12CC(N=C=O)C(C1)C1CC(N=C=O)CC12. The summed E-state index contributed by atoms with van der Waals surface area (Å²) in [6.45, 7) is 2.23. The fourth-order valence-corrected chi connectivity index (χ4v) is 5.49. The van der Waals surface area contributed by atoms with Crippen molar-refractivity contribution in [2.24, 2.45) is 33.2 Å². The number of carbonyl (C=O) groups excluding carboxylic acids is 2. The topological polar surface area (TPSA) is 58.9 Å². The van der Waals surface area contributed by atoms with Crippen molar-refractivity contribution in [1.82, 2.24) is 0 Å². The van der Waals surface area contributed by atoms with E-state index in [0.717, 1.165) is 19.3 Å². The van der Waals surface area contributed by atoms with Crippen molar-refractivity contribution >= 4 is 12.2 Å². The molecule has 3 fully saturated rings. The first-order chi connectivity index (χ1) is 9.24. The van der Waals surface area contributed by atoms with Crippen LogP contribution in [0, 0.1) is 23.2 Å². The highest BCUT2D eigenvalue weighted by atomic mass is 16.1. The molecule has 4 heteroatoms. The summed E-state index contributed by atoms with van der Waals surface area (Å²) >= 11 is 0. The molecule has 2 bridgehead atoms. The molecule has 0 aromatic heterocycles. The van der Waals surface area contributed by atoms with E-state index in [1.165, 1.54) is 19.3 Å². The Morgan fingerprint density at radius 1 is 1.11 bits per heavy atom. The van der Waals surface area contributed by atoms with Crippen molar-refractivity contribution < 1.29 is 9.59 Å². The van der Waals surface area contributed by atoms with E-state index in [0.29, 0.717) is 23.2 Å². The Morgan fingerprint density at radius 2 is 1.89 bits per heavy atom. The first-order valence-electron chi connectivity index (χ1n) is 7.38. The molecule has 3 aliphatic carbocycles. The standard InChI is InChI=1S/C15H20N2O2/c1-2-3-15-6-12(14(7-15)17-9-19)11-4-10(16-8-18)5-13(11)15/h10-14H,2-7H2,1H3. The van der Waals surface area contributed by atoms with E-state index in [-0.39, 0.29) is 12.1 Å². The van der Waals surface area contributed by atoms with Gasteiger partial charge in [-0.1, -0.05) is 13.3 Å². The highest BCUT2D eigenvalue weighted by Gasteiger charge is 2.63. The zero-order valence-electron chi connectivity index (χ0n) is 11.3. The minimum atomic E-state index is 0.158. The fraction of sp³-hybridized carbons (Fsp3) is 0.867. The van der Waals surface area contributed by atoms with Crippen LogP contribution >= 0.6 is 0 Å². The van der Waals surface area contributed by atoms with Gasteiger partial charge in [-0.15, -0.1) is 0 Å². The third kappa shape index (κ3) is 1.82. The Labute approximate surface area is 113 Å². The van der Waals surface area contributed by atoms with Gasteiger partial charge in [0, 0.05) is 0 Å². The summed E-state index contributed by atoms with van der Waals surface area (Å²) in [4.78, 5) is 29.1. The Kier molecular flexibility index (Phi) is 3.16. The highest BCUT2D eigenvalue weighted by Crippen LogP contribution is 2.68. The van der Waals surface area contributed by atoms with Crippen molar-refractivity contribution in [3.8, 4) is 0 Å². The van der Waals surface area contributed by atoms with Gasteiger partial charge in [0.1, 0.15) is 0 Å². The molecule has 3 aliphatic rings. The molecule has 102 valence electrons. The van der Waals surface area contributed by atoms with Gasteiger partial charge in [0.25, 0.3) is 0 Å². The van der Waals surface area contributed by atoms with E-state index in [2.05, 4.69) is 16.9 Å².